The predicted molar refractivity (Wildman–Crippen MR) is 116 cm³/mol. The molecule has 2 aromatic carbocycles. The largest absolute Gasteiger partial charge is 0.489 e. The van der Waals surface area contributed by atoms with Gasteiger partial charge in [-0.1, -0.05) is 34.1 Å². The summed E-state index contributed by atoms with van der Waals surface area (Å²) in [4.78, 5) is 26.6. The number of ether oxygens (including phenoxy) is 3. The third kappa shape index (κ3) is 5.33. The van der Waals surface area contributed by atoms with Crippen molar-refractivity contribution in [2.45, 2.75) is 45.4 Å². The Hall–Kier alpha value is -2.54. The number of benzene rings is 2. The van der Waals surface area contributed by atoms with Crippen LogP contribution in [-0.4, -0.2) is 36.2 Å². The van der Waals surface area contributed by atoms with Crippen LogP contribution in [0.25, 0.3) is 0 Å². The molecule has 0 aliphatic carbocycles. The topological polar surface area (TPSA) is 65.1 Å². The molecule has 0 radical (unpaired) electrons. The van der Waals surface area contributed by atoms with Crippen molar-refractivity contribution in [1.29, 1.82) is 0 Å². The average molecular weight is 476 g/mol. The molecular weight excluding hydrogens is 450 g/mol. The lowest BCUT2D eigenvalue weighted by molar-refractivity contribution is -0.147. The van der Waals surface area contributed by atoms with Crippen molar-refractivity contribution >= 4 is 28.0 Å². The number of carbonyl (C=O) groups is 2. The van der Waals surface area contributed by atoms with Gasteiger partial charge in [-0.15, -0.1) is 0 Å². The number of rotatable bonds is 4. The zero-order valence-corrected chi connectivity index (χ0v) is 19.2. The van der Waals surface area contributed by atoms with E-state index in [2.05, 4.69) is 15.9 Å². The van der Waals surface area contributed by atoms with Gasteiger partial charge in [-0.05, 0) is 68.1 Å². The van der Waals surface area contributed by atoms with Gasteiger partial charge in [0.1, 0.15) is 18.0 Å². The van der Waals surface area contributed by atoms with Crippen LogP contribution in [0.3, 0.4) is 0 Å². The van der Waals surface area contributed by atoms with Crippen LogP contribution in [0.5, 0.6) is 5.75 Å². The molecule has 6 nitrogen and oxygen atoms in total. The van der Waals surface area contributed by atoms with Gasteiger partial charge in [0.05, 0.1) is 7.11 Å². The fourth-order valence-electron chi connectivity index (χ4n) is 3.37. The highest BCUT2D eigenvalue weighted by molar-refractivity contribution is 9.10. The van der Waals surface area contributed by atoms with E-state index in [1.54, 1.807) is 20.8 Å². The minimum absolute atomic E-state index is 0.358. The smallest absolute Gasteiger partial charge is 0.411 e. The highest BCUT2D eigenvalue weighted by Crippen LogP contribution is 2.34. The number of fused-ring (bicyclic) bond motifs is 1. The third-order valence-electron chi connectivity index (χ3n) is 4.69. The molecular formula is C23H26BrNO5. The summed E-state index contributed by atoms with van der Waals surface area (Å²) in [6.07, 6.45) is 0.0643. The number of methoxy groups -OCH3 is 1. The van der Waals surface area contributed by atoms with Gasteiger partial charge in [-0.25, -0.2) is 9.59 Å². The van der Waals surface area contributed by atoms with Crippen molar-refractivity contribution in [2.24, 2.45) is 0 Å². The standard InChI is InChI=1S/C23H26BrNO5/c1-23(2,3)30-22(27)25-11-10-16-13-18(8-9-19(16)20(25)21(26)28-4)29-14-15-6-5-7-17(24)12-15/h5-9,12-13,20H,10-11,14H2,1-4H3/t20-/m1/s1. The van der Waals surface area contributed by atoms with Crippen LogP contribution >= 0.6 is 15.9 Å². The van der Waals surface area contributed by atoms with Gasteiger partial charge in [0.25, 0.3) is 0 Å². The lowest BCUT2D eigenvalue weighted by Gasteiger charge is -2.36. The molecule has 0 unspecified atom stereocenters. The highest BCUT2D eigenvalue weighted by Gasteiger charge is 2.39. The van der Waals surface area contributed by atoms with E-state index in [1.165, 1.54) is 12.0 Å². The normalized spacial score (nSPS) is 15.9. The van der Waals surface area contributed by atoms with E-state index in [1.807, 2.05) is 42.5 Å². The fraction of sp³-hybridized carbons (Fsp3) is 0.391. The lowest BCUT2D eigenvalue weighted by Crippen LogP contribution is -2.46. The van der Waals surface area contributed by atoms with Crippen molar-refractivity contribution < 1.29 is 23.8 Å². The van der Waals surface area contributed by atoms with E-state index in [0.717, 1.165) is 21.2 Å². The molecule has 1 amide bonds. The molecule has 30 heavy (non-hydrogen) atoms. The minimum Gasteiger partial charge on any atom is -0.489 e. The van der Waals surface area contributed by atoms with E-state index in [4.69, 9.17) is 14.2 Å². The summed E-state index contributed by atoms with van der Waals surface area (Å²) in [6, 6.07) is 12.6. The Morgan fingerprint density at radius 1 is 1.17 bits per heavy atom. The Morgan fingerprint density at radius 2 is 1.93 bits per heavy atom. The van der Waals surface area contributed by atoms with E-state index in [9.17, 15) is 9.59 Å². The van der Waals surface area contributed by atoms with Crippen LogP contribution in [0, 0.1) is 0 Å². The number of hydrogen-bond donors (Lipinski definition) is 0. The molecule has 1 aliphatic heterocycles. The van der Waals surface area contributed by atoms with Gasteiger partial charge < -0.3 is 14.2 Å². The van der Waals surface area contributed by atoms with Gasteiger partial charge in [0.2, 0.25) is 0 Å². The van der Waals surface area contributed by atoms with Crippen molar-refractivity contribution in [3.63, 3.8) is 0 Å². The summed E-state index contributed by atoms with van der Waals surface area (Å²) in [6.45, 7) is 6.18. The van der Waals surface area contributed by atoms with Gasteiger partial charge in [-0.2, -0.15) is 0 Å². The number of nitrogens with zero attached hydrogens (tertiary/aromatic N) is 1. The molecule has 0 aromatic heterocycles. The van der Waals surface area contributed by atoms with Crippen LogP contribution < -0.4 is 4.74 Å². The Kier molecular flexibility index (Phi) is 6.71. The van der Waals surface area contributed by atoms with E-state index >= 15 is 0 Å². The van der Waals surface area contributed by atoms with Gasteiger partial charge >= 0.3 is 12.1 Å². The van der Waals surface area contributed by atoms with Crippen LogP contribution in [0.1, 0.15) is 43.5 Å². The Bertz CT molecular complexity index is 937. The first-order valence-electron chi connectivity index (χ1n) is 9.75. The molecule has 1 aliphatic rings. The molecule has 0 N–H and O–H groups in total. The summed E-state index contributed by atoms with van der Waals surface area (Å²) in [5.41, 5.74) is 2.08. The maximum absolute atomic E-state index is 12.7. The molecule has 0 fully saturated rings. The molecule has 0 saturated carbocycles. The van der Waals surface area contributed by atoms with E-state index in [0.29, 0.717) is 25.3 Å². The molecule has 0 saturated heterocycles. The second-order valence-electron chi connectivity index (χ2n) is 8.13. The second kappa shape index (κ2) is 9.08. The van der Waals surface area contributed by atoms with E-state index in [-0.39, 0.29) is 0 Å². The van der Waals surface area contributed by atoms with Gasteiger partial charge in [0, 0.05) is 11.0 Å². The monoisotopic (exact) mass is 475 g/mol. The van der Waals surface area contributed by atoms with Crippen molar-refractivity contribution in [2.75, 3.05) is 13.7 Å². The number of hydrogen-bond acceptors (Lipinski definition) is 5. The fourth-order valence-corrected chi connectivity index (χ4v) is 3.82. The van der Waals surface area contributed by atoms with Crippen LogP contribution in [-0.2, 0) is 27.3 Å². The Morgan fingerprint density at radius 3 is 2.60 bits per heavy atom. The molecule has 7 heteroatoms. The zero-order valence-electron chi connectivity index (χ0n) is 17.6. The number of amides is 1. The van der Waals surface area contributed by atoms with Crippen LogP contribution in [0.15, 0.2) is 46.9 Å². The van der Waals surface area contributed by atoms with Gasteiger partial charge in [0.15, 0.2) is 6.04 Å². The molecule has 1 heterocycles. The molecule has 2 aromatic rings. The first-order valence-corrected chi connectivity index (χ1v) is 10.5. The Labute approximate surface area is 185 Å². The van der Waals surface area contributed by atoms with Crippen LogP contribution in [0.2, 0.25) is 0 Å². The molecule has 3 rings (SSSR count). The molecule has 0 bridgehead atoms. The number of carbonyl (C=O) groups excluding carboxylic acids is 2. The predicted octanol–water partition coefficient (Wildman–Crippen LogP) is 5.04. The summed E-state index contributed by atoms with van der Waals surface area (Å²) in [5, 5.41) is 0. The lowest BCUT2D eigenvalue weighted by atomic mass is 9.92. The Balaban J connectivity index is 1.81. The van der Waals surface area contributed by atoms with Crippen LogP contribution in [0.4, 0.5) is 4.79 Å². The number of esters is 1. The summed E-state index contributed by atoms with van der Waals surface area (Å²) < 4.78 is 17.4. The molecule has 1 atom stereocenters. The van der Waals surface area contributed by atoms with E-state index < -0.39 is 23.7 Å². The third-order valence-corrected chi connectivity index (χ3v) is 5.18. The highest BCUT2D eigenvalue weighted by atomic mass is 79.9. The maximum Gasteiger partial charge on any atom is 0.411 e. The second-order valence-corrected chi connectivity index (χ2v) is 9.04. The van der Waals surface area contributed by atoms with Crippen molar-refractivity contribution in [1.82, 2.24) is 4.90 Å². The quantitative estimate of drug-likeness (QED) is 0.579. The van der Waals surface area contributed by atoms with Crippen molar-refractivity contribution in [3.05, 3.63) is 63.6 Å². The minimum atomic E-state index is -0.840. The first kappa shape index (κ1) is 22.2. The van der Waals surface area contributed by atoms with Gasteiger partial charge in [-0.3, -0.25) is 4.90 Å². The molecule has 0 spiro atoms. The zero-order chi connectivity index (χ0) is 21.9. The van der Waals surface area contributed by atoms with Crippen molar-refractivity contribution in [3.8, 4) is 5.75 Å². The first-order chi connectivity index (χ1) is 14.2. The SMILES string of the molecule is COC(=O)[C@H]1c2ccc(OCc3cccc(Br)c3)cc2CCN1C(=O)OC(C)(C)C. The number of halogens is 1. The summed E-state index contributed by atoms with van der Waals surface area (Å²) in [7, 11) is 1.32. The molecule has 160 valence electrons. The maximum atomic E-state index is 12.7. The summed E-state index contributed by atoms with van der Waals surface area (Å²) >= 11 is 3.46. The average Bonchev–Trinajstić information content (AvgIpc) is 2.69. The summed E-state index contributed by atoms with van der Waals surface area (Å²) in [5.74, 6) is 0.215.